The molecule has 0 saturated carbocycles. The summed E-state index contributed by atoms with van der Waals surface area (Å²) in [6, 6.07) is 14.9. The van der Waals surface area contributed by atoms with Crippen LogP contribution in [0.25, 0.3) is 21.5 Å². The summed E-state index contributed by atoms with van der Waals surface area (Å²) in [6.07, 6.45) is 0. The largest absolute Gasteiger partial charge is 0.221 e. The van der Waals surface area contributed by atoms with Crippen LogP contribution in [0.5, 0.6) is 0 Å². The molecule has 0 atom stereocenters. The summed E-state index contributed by atoms with van der Waals surface area (Å²) in [5.74, 6) is 0. The Morgan fingerprint density at radius 3 is 2.75 bits per heavy atom. The fraction of sp³-hybridized carbons (Fsp3) is 0.0714. The molecule has 0 aliphatic rings. The molecule has 1 aromatic carbocycles. The summed E-state index contributed by atoms with van der Waals surface area (Å²) in [5.41, 5.74) is 3.72. The Balaban J connectivity index is 2.29. The maximum absolute atomic E-state index is 3.48. The minimum absolute atomic E-state index is 1.20. The van der Waals surface area contributed by atoms with Gasteiger partial charge in [0.2, 0.25) is 11.2 Å². The summed E-state index contributed by atoms with van der Waals surface area (Å²) in [4.78, 5) is 4.77. The summed E-state index contributed by atoms with van der Waals surface area (Å²) in [6.45, 7) is 2.16. The zero-order valence-electron chi connectivity index (χ0n) is 9.03. The van der Waals surface area contributed by atoms with E-state index in [1.165, 1.54) is 27.0 Å². The Kier molecular flexibility index (Phi) is 2.22. The number of nitrogens with one attached hydrogen (secondary N) is 1. The lowest BCUT2D eigenvalue weighted by molar-refractivity contribution is -0.330. The van der Waals surface area contributed by atoms with E-state index in [1.807, 2.05) is 0 Å². The highest BCUT2D eigenvalue weighted by Crippen LogP contribution is 2.24. The highest BCUT2D eigenvalue weighted by Gasteiger charge is 2.10. The van der Waals surface area contributed by atoms with Gasteiger partial charge >= 0.3 is 0 Å². The zero-order valence-corrected chi connectivity index (χ0v) is 9.84. The number of aromatic nitrogens is 1. The van der Waals surface area contributed by atoms with E-state index in [0.29, 0.717) is 0 Å². The van der Waals surface area contributed by atoms with Crippen molar-refractivity contribution in [2.24, 2.45) is 0 Å². The van der Waals surface area contributed by atoms with Crippen molar-refractivity contribution < 1.29 is 4.98 Å². The average Bonchev–Trinajstić information content (AvgIpc) is 2.82. The van der Waals surface area contributed by atoms with E-state index >= 15 is 0 Å². The molecule has 0 fully saturated rings. The molecule has 2 aromatic heterocycles. The lowest BCUT2D eigenvalue weighted by Crippen LogP contribution is -2.08. The zero-order chi connectivity index (χ0) is 11.0. The van der Waals surface area contributed by atoms with Crippen LogP contribution in [0, 0.1) is 6.92 Å². The molecule has 3 aromatic rings. The number of thiophene rings is 1. The van der Waals surface area contributed by atoms with Crippen LogP contribution in [0.2, 0.25) is 0 Å². The Bertz CT molecular complexity index is 626. The highest BCUT2D eigenvalue weighted by molar-refractivity contribution is 7.13. The van der Waals surface area contributed by atoms with Crippen LogP contribution in [0.1, 0.15) is 5.56 Å². The predicted octanol–water partition coefficient (Wildman–Crippen LogP) is 3.69. The van der Waals surface area contributed by atoms with Gasteiger partial charge in [-0.3, -0.25) is 0 Å². The van der Waals surface area contributed by atoms with Crippen molar-refractivity contribution in [3.05, 3.63) is 53.4 Å². The molecule has 1 N–H and O–H groups in total. The Hall–Kier alpha value is -1.67. The number of hydrogen-bond donors (Lipinski definition) is 0. The molecule has 16 heavy (non-hydrogen) atoms. The van der Waals surface area contributed by atoms with E-state index in [-0.39, 0.29) is 0 Å². The van der Waals surface area contributed by atoms with Gasteiger partial charge in [0.1, 0.15) is 0 Å². The Morgan fingerprint density at radius 2 is 1.94 bits per heavy atom. The summed E-state index contributed by atoms with van der Waals surface area (Å²) in [7, 11) is 0. The van der Waals surface area contributed by atoms with Crippen LogP contribution in [0.4, 0.5) is 0 Å². The van der Waals surface area contributed by atoms with E-state index < -0.39 is 0 Å². The number of fused-ring (bicyclic) bond motifs is 1. The Morgan fingerprint density at radius 1 is 1.06 bits per heavy atom. The molecular weight excluding hydrogens is 214 g/mol. The van der Waals surface area contributed by atoms with Crippen LogP contribution in [-0.2, 0) is 0 Å². The molecule has 0 bridgehead atoms. The first kappa shape index (κ1) is 9.55. The fourth-order valence-corrected chi connectivity index (χ4v) is 2.67. The van der Waals surface area contributed by atoms with Gasteiger partial charge in [0.15, 0.2) is 0 Å². The molecule has 0 spiro atoms. The molecule has 3 rings (SSSR count). The Labute approximate surface area is 98.4 Å². The van der Waals surface area contributed by atoms with Gasteiger partial charge in [-0.15, -0.1) is 11.3 Å². The predicted molar refractivity (Wildman–Crippen MR) is 68.6 cm³/mol. The minimum atomic E-state index is 1.20. The minimum Gasteiger partial charge on any atom is -0.204 e. The molecule has 0 amide bonds. The third kappa shape index (κ3) is 1.51. The van der Waals surface area contributed by atoms with Gasteiger partial charge in [0, 0.05) is 17.5 Å². The van der Waals surface area contributed by atoms with Crippen molar-refractivity contribution in [3.8, 4) is 10.6 Å². The molecular formula is C14H12NS+. The average molecular weight is 226 g/mol. The van der Waals surface area contributed by atoms with Crippen molar-refractivity contribution in [1.82, 2.24) is 0 Å². The first-order valence-corrected chi connectivity index (χ1v) is 6.18. The highest BCUT2D eigenvalue weighted by atomic mass is 32.1. The molecule has 0 aliphatic carbocycles. The van der Waals surface area contributed by atoms with Crippen LogP contribution >= 0.6 is 11.3 Å². The molecule has 78 valence electrons. The molecule has 2 heteroatoms. The second-order valence-electron chi connectivity index (χ2n) is 3.89. The maximum Gasteiger partial charge on any atom is 0.221 e. The quantitative estimate of drug-likeness (QED) is 0.601. The van der Waals surface area contributed by atoms with Crippen molar-refractivity contribution >= 4 is 22.2 Å². The smallest absolute Gasteiger partial charge is 0.204 e. The topological polar surface area (TPSA) is 14.1 Å². The molecule has 1 nitrogen and oxygen atoms in total. The first-order valence-electron chi connectivity index (χ1n) is 5.30. The third-order valence-electron chi connectivity index (χ3n) is 2.77. The molecule has 0 saturated heterocycles. The molecule has 0 unspecified atom stereocenters. The van der Waals surface area contributed by atoms with Gasteiger partial charge in [-0.25, -0.2) is 4.98 Å². The van der Waals surface area contributed by atoms with Crippen LogP contribution < -0.4 is 4.98 Å². The van der Waals surface area contributed by atoms with E-state index in [9.17, 15) is 0 Å². The van der Waals surface area contributed by atoms with E-state index in [2.05, 4.69) is 59.8 Å². The van der Waals surface area contributed by atoms with Crippen LogP contribution in [0.3, 0.4) is 0 Å². The number of rotatable bonds is 1. The lowest BCUT2D eigenvalue weighted by atomic mass is 10.1. The molecule has 0 radical (unpaired) electrons. The number of H-pyrrole nitrogens is 1. The fourth-order valence-electron chi connectivity index (χ4n) is 1.98. The van der Waals surface area contributed by atoms with Gasteiger partial charge < -0.3 is 0 Å². The number of benzene rings is 1. The monoisotopic (exact) mass is 226 g/mol. The standard InChI is InChI=1S/C14H11NS/c1-10-9-13(14-7-4-8-16-14)15-12-6-3-2-5-11(10)12/h2-9H,1H3/p+1. The maximum atomic E-state index is 3.48. The lowest BCUT2D eigenvalue weighted by Gasteiger charge is -1.98. The number of hydrogen-bond acceptors (Lipinski definition) is 1. The summed E-state index contributed by atoms with van der Waals surface area (Å²) < 4.78 is 0. The number of aromatic amines is 1. The number of para-hydroxylation sites is 1. The van der Waals surface area contributed by atoms with Gasteiger partial charge in [0.05, 0.1) is 4.88 Å². The third-order valence-corrected chi connectivity index (χ3v) is 3.67. The van der Waals surface area contributed by atoms with Gasteiger partial charge in [-0.05, 0) is 30.0 Å². The van der Waals surface area contributed by atoms with Gasteiger partial charge in [-0.2, -0.15) is 0 Å². The second-order valence-corrected chi connectivity index (χ2v) is 4.84. The van der Waals surface area contributed by atoms with Crippen molar-refractivity contribution in [2.45, 2.75) is 6.92 Å². The summed E-state index contributed by atoms with van der Waals surface area (Å²) >= 11 is 1.76. The number of pyridine rings is 1. The first-order chi connectivity index (χ1) is 7.84. The van der Waals surface area contributed by atoms with Crippen molar-refractivity contribution in [3.63, 3.8) is 0 Å². The van der Waals surface area contributed by atoms with Crippen molar-refractivity contribution in [1.29, 1.82) is 0 Å². The van der Waals surface area contributed by atoms with E-state index in [1.54, 1.807) is 11.3 Å². The van der Waals surface area contributed by atoms with Crippen LogP contribution in [0.15, 0.2) is 47.8 Å². The normalized spacial score (nSPS) is 10.8. The van der Waals surface area contributed by atoms with Gasteiger partial charge in [0.25, 0.3) is 0 Å². The summed E-state index contributed by atoms with van der Waals surface area (Å²) in [5, 5.41) is 3.40. The molecule has 2 heterocycles. The second kappa shape index (κ2) is 3.72. The van der Waals surface area contributed by atoms with E-state index in [0.717, 1.165) is 0 Å². The number of aryl methyl sites for hydroxylation is 1. The van der Waals surface area contributed by atoms with Crippen LogP contribution in [-0.4, -0.2) is 0 Å². The SMILES string of the molecule is Cc1cc(-c2cccs2)[nH+]c2ccccc12. The molecule has 0 aliphatic heterocycles. The van der Waals surface area contributed by atoms with Crippen molar-refractivity contribution in [2.75, 3.05) is 0 Å². The van der Waals surface area contributed by atoms with Gasteiger partial charge in [-0.1, -0.05) is 18.2 Å². The van der Waals surface area contributed by atoms with E-state index in [4.69, 9.17) is 0 Å².